The molecule has 0 atom stereocenters. The number of unbranched alkanes of at least 4 members (excludes halogenated alkanes) is 18. The summed E-state index contributed by atoms with van der Waals surface area (Å²) >= 11 is 3.56. The number of esters is 2. The number of carbonyl (C=O) groups is 4. The van der Waals surface area contributed by atoms with Crippen molar-refractivity contribution < 1.29 is 28.7 Å². The van der Waals surface area contributed by atoms with E-state index in [1.807, 2.05) is 0 Å². The second-order valence-corrected chi connectivity index (χ2v) is 16.4. The molecule has 286 valence electrons. The summed E-state index contributed by atoms with van der Waals surface area (Å²) in [7, 11) is 0. The van der Waals surface area contributed by atoms with Gasteiger partial charge in [0, 0.05) is 11.5 Å². The molecule has 0 spiro atoms. The smallest absolute Gasteiger partial charge is 0.327 e. The number of rotatable bonds is 34. The van der Waals surface area contributed by atoms with Crippen LogP contribution in [0.5, 0.6) is 0 Å². The second kappa shape index (κ2) is 30.2. The van der Waals surface area contributed by atoms with Gasteiger partial charge in [-0.05, 0) is 38.2 Å². The van der Waals surface area contributed by atoms with Gasteiger partial charge in [0.05, 0.1) is 25.9 Å². The van der Waals surface area contributed by atoms with Gasteiger partial charge in [0.15, 0.2) is 0 Å². The number of nitrogens with zero attached hydrogens (tertiary/aromatic N) is 2. The van der Waals surface area contributed by atoms with Crippen molar-refractivity contribution in [3.8, 4) is 0 Å². The molecule has 0 aromatic rings. The summed E-state index contributed by atoms with van der Waals surface area (Å²) in [4.78, 5) is 53.1. The number of imide groups is 1. The van der Waals surface area contributed by atoms with Gasteiger partial charge in [-0.3, -0.25) is 19.3 Å². The van der Waals surface area contributed by atoms with Crippen LogP contribution in [-0.4, -0.2) is 88.5 Å². The lowest BCUT2D eigenvalue weighted by atomic mass is 10.0. The van der Waals surface area contributed by atoms with Crippen LogP contribution in [0.1, 0.15) is 169 Å². The SMILES string of the molecule is CCCCCCCCCCCCSCCC(=O)OCCN1C(=O)N(CCOC(=O)CCSCCCCCCCCCCCC)C(C)(C)C1=O. The highest BCUT2D eigenvalue weighted by Crippen LogP contribution is 2.27. The van der Waals surface area contributed by atoms with Crippen LogP contribution in [0.4, 0.5) is 4.79 Å². The van der Waals surface area contributed by atoms with E-state index >= 15 is 0 Å². The van der Waals surface area contributed by atoms with E-state index in [1.54, 1.807) is 37.4 Å². The molecule has 49 heavy (non-hydrogen) atoms. The quantitative estimate of drug-likeness (QED) is 0.0367. The van der Waals surface area contributed by atoms with Gasteiger partial charge < -0.3 is 14.4 Å². The Hall–Kier alpha value is -1.42. The van der Waals surface area contributed by atoms with E-state index < -0.39 is 11.6 Å². The minimum atomic E-state index is -1.05. The van der Waals surface area contributed by atoms with Gasteiger partial charge in [0.2, 0.25) is 0 Å². The monoisotopic (exact) mass is 728 g/mol. The minimum absolute atomic E-state index is 0.0187. The predicted molar refractivity (Wildman–Crippen MR) is 207 cm³/mol. The highest BCUT2D eigenvalue weighted by atomic mass is 32.2. The summed E-state index contributed by atoms with van der Waals surface area (Å²) in [5.74, 6) is 2.64. The summed E-state index contributed by atoms with van der Waals surface area (Å²) in [6.45, 7) is 8.07. The van der Waals surface area contributed by atoms with Gasteiger partial charge in [-0.15, -0.1) is 0 Å². The molecule has 0 bridgehead atoms. The third-order valence-corrected chi connectivity index (χ3v) is 11.4. The number of carbonyl (C=O) groups excluding carboxylic acids is 4. The molecular formula is C39H72N2O6S2. The summed E-state index contributed by atoms with van der Waals surface area (Å²) in [5.41, 5.74) is -1.05. The van der Waals surface area contributed by atoms with Crippen LogP contribution in [0.2, 0.25) is 0 Å². The van der Waals surface area contributed by atoms with Crippen LogP contribution in [0, 0.1) is 0 Å². The minimum Gasteiger partial charge on any atom is -0.464 e. The molecule has 1 heterocycles. The molecule has 1 saturated heterocycles. The van der Waals surface area contributed by atoms with Crippen LogP contribution in [0.15, 0.2) is 0 Å². The van der Waals surface area contributed by atoms with E-state index in [0.717, 1.165) is 27.9 Å². The van der Waals surface area contributed by atoms with Crippen molar-refractivity contribution in [1.29, 1.82) is 0 Å². The summed E-state index contributed by atoms with van der Waals surface area (Å²) in [6, 6.07) is -0.443. The van der Waals surface area contributed by atoms with Crippen molar-refractivity contribution in [2.75, 3.05) is 49.3 Å². The highest BCUT2D eigenvalue weighted by molar-refractivity contribution is 7.99. The first-order valence-corrected chi connectivity index (χ1v) is 22.2. The van der Waals surface area contributed by atoms with E-state index in [9.17, 15) is 19.2 Å². The zero-order chi connectivity index (χ0) is 36.0. The summed E-state index contributed by atoms with van der Waals surface area (Å²) in [5, 5.41) is 0. The number of ether oxygens (including phenoxy) is 2. The molecule has 0 saturated carbocycles. The lowest BCUT2D eigenvalue weighted by Gasteiger charge is -2.27. The number of amides is 3. The second-order valence-electron chi connectivity index (χ2n) is 14.0. The van der Waals surface area contributed by atoms with E-state index in [0.29, 0.717) is 12.8 Å². The lowest BCUT2D eigenvalue weighted by molar-refractivity contribution is -0.145. The molecule has 0 radical (unpaired) electrons. The Labute approximate surface area is 308 Å². The molecule has 1 fully saturated rings. The van der Waals surface area contributed by atoms with Crippen LogP contribution >= 0.6 is 23.5 Å². The zero-order valence-electron chi connectivity index (χ0n) is 31.9. The van der Waals surface area contributed by atoms with Crippen molar-refractivity contribution in [1.82, 2.24) is 9.80 Å². The number of hydrogen-bond acceptors (Lipinski definition) is 8. The average Bonchev–Trinajstić information content (AvgIpc) is 3.24. The van der Waals surface area contributed by atoms with Gasteiger partial charge in [-0.25, -0.2) is 4.79 Å². The maximum atomic E-state index is 13.0. The molecule has 10 heteroatoms. The maximum absolute atomic E-state index is 13.0. The number of hydrogen-bond donors (Lipinski definition) is 0. The van der Waals surface area contributed by atoms with Gasteiger partial charge in [-0.2, -0.15) is 23.5 Å². The summed E-state index contributed by atoms with van der Waals surface area (Å²) < 4.78 is 10.7. The van der Waals surface area contributed by atoms with Crippen molar-refractivity contribution >= 4 is 47.4 Å². The fourth-order valence-corrected chi connectivity index (χ4v) is 7.88. The van der Waals surface area contributed by atoms with E-state index in [2.05, 4.69) is 13.8 Å². The standard InChI is InChI=1S/C39H72N2O6S2/c1-5-7-9-11-13-15-17-19-21-23-31-48-33-25-35(42)46-29-27-40-37(44)39(3,4)41(38(40)45)28-30-47-36(43)26-34-49-32-24-22-20-18-16-14-12-10-8-6-2/h5-34H2,1-4H3. The predicted octanol–water partition coefficient (Wildman–Crippen LogP) is 10.2. The van der Waals surface area contributed by atoms with Crippen LogP contribution in [0.25, 0.3) is 0 Å². The Morgan fingerprint density at radius 1 is 0.551 bits per heavy atom. The zero-order valence-corrected chi connectivity index (χ0v) is 33.5. The van der Waals surface area contributed by atoms with E-state index in [-0.39, 0.29) is 44.1 Å². The lowest BCUT2D eigenvalue weighted by Crippen LogP contribution is -2.45. The molecular weight excluding hydrogens is 657 g/mol. The van der Waals surface area contributed by atoms with Gasteiger partial charge in [0.1, 0.15) is 18.8 Å². The van der Waals surface area contributed by atoms with Crippen LogP contribution in [-0.2, 0) is 23.9 Å². The first kappa shape index (κ1) is 45.6. The Balaban J connectivity index is 2.09. The molecule has 1 rings (SSSR count). The number of thioether (sulfide) groups is 2. The van der Waals surface area contributed by atoms with Crippen molar-refractivity contribution in [2.24, 2.45) is 0 Å². The molecule has 0 aromatic carbocycles. The first-order valence-electron chi connectivity index (χ1n) is 19.9. The van der Waals surface area contributed by atoms with Crippen LogP contribution in [0.3, 0.4) is 0 Å². The molecule has 0 unspecified atom stereocenters. The average molecular weight is 729 g/mol. The Bertz CT molecular complexity index is 888. The Kier molecular flexibility index (Phi) is 28.1. The fourth-order valence-electron chi connectivity index (χ4n) is 6.03. The van der Waals surface area contributed by atoms with E-state index in [1.165, 1.54) is 133 Å². The fraction of sp³-hybridized carbons (Fsp3) is 0.897. The molecule has 0 aromatic heterocycles. The van der Waals surface area contributed by atoms with Gasteiger partial charge in [-0.1, -0.05) is 129 Å². The maximum Gasteiger partial charge on any atom is 0.327 e. The van der Waals surface area contributed by atoms with Gasteiger partial charge >= 0.3 is 18.0 Å². The molecule has 8 nitrogen and oxygen atoms in total. The third-order valence-electron chi connectivity index (χ3n) is 9.25. The molecule has 0 N–H and O–H groups in total. The number of urea groups is 1. The van der Waals surface area contributed by atoms with Gasteiger partial charge in [0.25, 0.3) is 5.91 Å². The van der Waals surface area contributed by atoms with Crippen molar-refractivity contribution in [3.63, 3.8) is 0 Å². The third kappa shape index (κ3) is 22.2. The van der Waals surface area contributed by atoms with Crippen molar-refractivity contribution in [3.05, 3.63) is 0 Å². The Morgan fingerprint density at radius 3 is 1.33 bits per heavy atom. The molecule has 1 aliphatic heterocycles. The molecule has 1 aliphatic rings. The molecule has 0 aliphatic carbocycles. The Morgan fingerprint density at radius 2 is 0.918 bits per heavy atom. The van der Waals surface area contributed by atoms with Crippen LogP contribution < -0.4 is 0 Å². The topological polar surface area (TPSA) is 93.2 Å². The highest BCUT2D eigenvalue weighted by Gasteiger charge is 2.50. The molecule has 3 amide bonds. The largest absolute Gasteiger partial charge is 0.464 e. The summed E-state index contributed by atoms with van der Waals surface area (Å²) in [6.07, 6.45) is 27.0. The first-order chi connectivity index (χ1) is 23.8. The van der Waals surface area contributed by atoms with Crippen molar-refractivity contribution in [2.45, 2.75) is 174 Å². The van der Waals surface area contributed by atoms with E-state index in [4.69, 9.17) is 9.47 Å². The normalized spacial score (nSPS) is 14.2.